The van der Waals surface area contributed by atoms with E-state index < -0.39 is 11.0 Å². The van der Waals surface area contributed by atoms with Crippen LogP contribution in [0.25, 0.3) is 0 Å². The minimum absolute atomic E-state index is 0.118. The minimum atomic E-state index is -1.16. The first-order valence-electron chi connectivity index (χ1n) is 5.43. The molecule has 0 heterocycles. The largest absolute Gasteiger partial charge is 0.469 e. The van der Waals surface area contributed by atoms with Crippen LogP contribution < -0.4 is 4.72 Å². The normalized spacial score (nSPS) is 15.9. The first-order valence-corrected chi connectivity index (χ1v) is 6.58. The Morgan fingerprint density at radius 2 is 1.88 bits per heavy atom. The van der Waals surface area contributed by atoms with Crippen LogP contribution in [-0.4, -0.2) is 28.1 Å². The van der Waals surface area contributed by atoms with Gasteiger partial charge in [-0.05, 0) is 26.7 Å². The van der Waals surface area contributed by atoms with Crippen LogP contribution in [0.5, 0.6) is 0 Å². The van der Waals surface area contributed by atoms with Crippen LogP contribution >= 0.6 is 0 Å². The van der Waals surface area contributed by atoms with E-state index in [4.69, 9.17) is 0 Å². The van der Waals surface area contributed by atoms with E-state index in [1.165, 1.54) is 7.11 Å². The van der Waals surface area contributed by atoms with Crippen molar-refractivity contribution in [1.29, 1.82) is 0 Å². The van der Waals surface area contributed by atoms with Gasteiger partial charge in [0.1, 0.15) is 0 Å². The molecule has 16 heavy (non-hydrogen) atoms. The highest BCUT2D eigenvalue weighted by Gasteiger charge is 2.25. The first kappa shape index (κ1) is 15.6. The predicted octanol–water partition coefficient (Wildman–Crippen LogP) is 1.63. The van der Waals surface area contributed by atoms with Gasteiger partial charge >= 0.3 is 5.97 Å². The Balaban J connectivity index is 4.47. The van der Waals surface area contributed by atoms with Crippen molar-refractivity contribution >= 4 is 17.0 Å². The average molecular weight is 249 g/mol. The molecule has 0 aliphatic heterocycles. The van der Waals surface area contributed by atoms with E-state index >= 15 is 0 Å². The summed E-state index contributed by atoms with van der Waals surface area (Å²) in [6.45, 7) is 9.66. The van der Waals surface area contributed by atoms with E-state index in [-0.39, 0.29) is 29.1 Å². The zero-order chi connectivity index (χ0) is 12.9. The number of hydrogen-bond acceptors (Lipinski definition) is 3. The minimum Gasteiger partial charge on any atom is -0.469 e. The number of hydrogen-bond donors (Lipinski definition) is 1. The van der Waals surface area contributed by atoms with Crippen molar-refractivity contribution in [1.82, 2.24) is 4.72 Å². The van der Waals surface area contributed by atoms with Gasteiger partial charge in [-0.15, -0.1) is 0 Å². The molecule has 0 radical (unpaired) electrons. The van der Waals surface area contributed by atoms with E-state index in [9.17, 15) is 9.00 Å². The zero-order valence-electron chi connectivity index (χ0n) is 11.0. The molecule has 96 valence electrons. The Morgan fingerprint density at radius 3 is 2.19 bits per heavy atom. The fraction of sp³-hybridized carbons (Fsp3) is 0.909. The zero-order valence-corrected chi connectivity index (χ0v) is 11.8. The third-order valence-corrected chi connectivity index (χ3v) is 3.86. The summed E-state index contributed by atoms with van der Waals surface area (Å²) < 4.78 is 19.2. The van der Waals surface area contributed by atoms with Gasteiger partial charge in [0.05, 0.1) is 29.3 Å². The number of methoxy groups -OCH3 is 1. The Morgan fingerprint density at radius 1 is 1.38 bits per heavy atom. The molecule has 0 saturated heterocycles. The standard InChI is InChI=1S/C11H23NO3S/c1-8(2)9(7-10(13)15-6)12-16(14)11(3,4)5/h8-9,12H,7H2,1-6H3/t9-,16+/m0/s1. The lowest BCUT2D eigenvalue weighted by Gasteiger charge is -2.25. The molecule has 0 aromatic heterocycles. The monoisotopic (exact) mass is 249 g/mol. The van der Waals surface area contributed by atoms with Gasteiger partial charge in [0.25, 0.3) is 0 Å². The summed E-state index contributed by atoms with van der Waals surface area (Å²) in [4.78, 5) is 11.2. The third-order valence-electron chi connectivity index (χ3n) is 2.23. The second-order valence-corrected chi connectivity index (χ2v) is 7.13. The summed E-state index contributed by atoms with van der Waals surface area (Å²) in [5.74, 6) is -0.0532. The number of rotatable bonds is 5. The van der Waals surface area contributed by atoms with Crippen molar-refractivity contribution in [2.45, 2.75) is 51.8 Å². The molecule has 0 spiro atoms. The van der Waals surface area contributed by atoms with Crippen LogP contribution in [0.1, 0.15) is 41.0 Å². The maximum absolute atomic E-state index is 11.9. The summed E-state index contributed by atoms with van der Waals surface area (Å²) >= 11 is 0. The van der Waals surface area contributed by atoms with E-state index in [2.05, 4.69) is 9.46 Å². The molecule has 0 amide bonds. The van der Waals surface area contributed by atoms with E-state index in [0.717, 1.165) is 0 Å². The number of carbonyl (C=O) groups excluding carboxylic acids is 1. The third kappa shape index (κ3) is 5.61. The van der Waals surface area contributed by atoms with E-state index in [1.54, 1.807) is 0 Å². The van der Waals surface area contributed by atoms with Crippen LogP contribution in [0, 0.1) is 5.92 Å². The highest BCUT2D eigenvalue weighted by atomic mass is 32.2. The maximum atomic E-state index is 11.9. The van der Waals surface area contributed by atoms with Crippen LogP contribution in [0.15, 0.2) is 0 Å². The summed E-state index contributed by atoms with van der Waals surface area (Å²) in [6.07, 6.45) is 0.246. The van der Waals surface area contributed by atoms with Gasteiger partial charge in [-0.3, -0.25) is 4.79 Å². The van der Waals surface area contributed by atoms with Crippen LogP contribution in [0.2, 0.25) is 0 Å². The van der Waals surface area contributed by atoms with Gasteiger partial charge in [-0.2, -0.15) is 0 Å². The van der Waals surface area contributed by atoms with Gasteiger partial charge in [0, 0.05) is 6.04 Å². The Hall–Kier alpha value is -0.420. The first-order chi connectivity index (χ1) is 7.18. The topological polar surface area (TPSA) is 55.4 Å². The molecule has 0 aliphatic rings. The van der Waals surface area contributed by atoms with Crippen molar-refractivity contribution in [3.8, 4) is 0 Å². The molecule has 0 aromatic rings. The van der Waals surface area contributed by atoms with Crippen LogP contribution in [0.4, 0.5) is 0 Å². The van der Waals surface area contributed by atoms with Crippen molar-refractivity contribution < 1.29 is 13.7 Å². The second-order valence-electron chi connectivity index (χ2n) is 5.13. The summed E-state index contributed by atoms with van der Waals surface area (Å²) in [5.41, 5.74) is 0. The molecule has 2 atom stereocenters. The van der Waals surface area contributed by atoms with Gasteiger partial charge in [-0.25, -0.2) is 8.93 Å². The van der Waals surface area contributed by atoms with E-state index in [0.29, 0.717) is 0 Å². The Bertz CT molecular complexity index is 258. The van der Waals surface area contributed by atoms with Gasteiger partial charge in [0.2, 0.25) is 0 Å². The predicted molar refractivity (Wildman–Crippen MR) is 66.3 cm³/mol. The molecule has 0 fully saturated rings. The summed E-state index contributed by atoms with van der Waals surface area (Å²) in [7, 11) is 0.197. The molecule has 0 rings (SSSR count). The lowest BCUT2D eigenvalue weighted by Crippen LogP contribution is -2.43. The highest BCUT2D eigenvalue weighted by molar-refractivity contribution is 7.84. The fourth-order valence-corrected chi connectivity index (χ4v) is 1.97. The van der Waals surface area contributed by atoms with Gasteiger partial charge in [-0.1, -0.05) is 13.8 Å². The Labute approximate surface area is 101 Å². The summed E-state index contributed by atoms with van der Waals surface area (Å²) in [6, 6.07) is -0.118. The van der Waals surface area contributed by atoms with Crippen molar-refractivity contribution in [2.24, 2.45) is 5.92 Å². The van der Waals surface area contributed by atoms with Crippen molar-refractivity contribution in [2.75, 3.05) is 7.11 Å². The molecule has 5 heteroatoms. The quantitative estimate of drug-likeness (QED) is 0.753. The number of nitrogens with one attached hydrogen (secondary N) is 1. The SMILES string of the molecule is COC(=O)C[C@H](N[S@](=O)C(C)(C)C)C(C)C. The van der Waals surface area contributed by atoms with Crippen LogP contribution in [-0.2, 0) is 20.5 Å². The van der Waals surface area contributed by atoms with Crippen molar-refractivity contribution in [3.63, 3.8) is 0 Å². The van der Waals surface area contributed by atoms with E-state index in [1.807, 2.05) is 34.6 Å². The lowest BCUT2D eigenvalue weighted by molar-refractivity contribution is -0.141. The number of carbonyl (C=O) groups is 1. The lowest BCUT2D eigenvalue weighted by atomic mass is 10.0. The average Bonchev–Trinajstić information content (AvgIpc) is 2.14. The molecule has 0 aromatic carbocycles. The molecule has 0 aliphatic carbocycles. The molecule has 0 unspecified atom stereocenters. The molecular formula is C11H23NO3S. The molecule has 0 saturated carbocycles. The van der Waals surface area contributed by atoms with Gasteiger partial charge < -0.3 is 4.74 Å². The summed E-state index contributed by atoms with van der Waals surface area (Å²) in [5, 5.41) is 0. The second kappa shape index (κ2) is 6.35. The maximum Gasteiger partial charge on any atom is 0.307 e. The smallest absolute Gasteiger partial charge is 0.307 e. The molecule has 0 bridgehead atoms. The fourth-order valence-electron chi connectivity index (χ4n) is 0.991. The molecule has 1 N–H and O–H groups in total. The molecular weight excluding hydrogens is 226 g/mol. The molecule has 4 nitrogen and oxygen atoms in total. The number of ether oxygens (including phenoxy) is 1. The van der Waals surface area contributed by atoms with Crippen LogP contribution in [0.3, 0.4) is 0 Å². The Kier molecular flexibility index (Phi) is 6.18. The number of esters is 1. The van der Waals surface area contributed by atoms with Gasteiger partial charge in [0.15, 0.2) is 0 Å². The highest BCUT2D eigenvalue weighted by Crippen LogP contribution is 2.14. The van der Waals surface area contributed by atoms with Crippen molar-refractivity contribution in [3.05, 3.63) is 0 Å².